The number of nitrogens with one attached hydrogen (secondary N) is 2. The highest BCUT2D eigenvalue weighted by Gasteiger charge is 2.19. The Labute approximate surface area is 177 Å². The van der Waals surface area contributed by atoms with Crippen LogP contribution in [0.25, 0.3) is 0 Å². The minimum absolute atomic E-state index is 0.0837. The first-order valence-corrected chi connectivity index (χ1v) is 9.89. The number of rotatable bonds is 10. The SMILES string of the molecule is COc1ccc(NC(=O)CNC(=O)CN(CC(C)C)C(=O)Cc2ccccc2)cc1. The fourth-order valence-corrected chi connectivity index (χ4v) is 2.87. The standard InChI is InChI=1S/C23H29N3O4/c1-17(2)15-26(23(29)13-18-7-5-4-6-8-18)16-22(28)24-14-21(27)25-19-9-11-20(30-3)12-10-19/h4-12,17H,13-16H2,1-3H3,(H,24,28)(H,25,27). The fourth-order valence-electron chi connectivity index (χ4n) is 2.87. The molecule has 0 saturated carbocycles. The lowest BCUT2D eigenvalue weighted by atomic mass is 10.1. The Hall–Kier alpha value is -3.35. The molecule has 0 heterocycles. The molecule has 0 bridgehead atoms. The first-order chi connectivity index (χ1) is 14.4. The summed E-state index contributed by atoms with van der Waals surface area (Å²) in [5.74, 6) is 0.0665. The zero-order valence-electron chi connectivity index (χ0n) is 17.7. The van der Waals surface area contributed by atoms with Gasteiger partial charge >= 0.3 is 0 Å². The third-order valence-electron chi connectivity index (χ3n) is 4.29. The Kier molecular flexibility index (Phi) is 8.87. The van der Waals surface area contributed by atoms with E-state index in [0.717, 1.165) is 5.56 Å². The normalized spacial score (nSPS) is 10.4. The third-order valence-corrected chi connectivity index (χ3v) is 4.29. The van der Waals surface area contributed by atoms with Gasteiger partial charge in [0.1, 0.15) is 5.75 Å². The van der Waals surface area contributed by atoms with Crippen LogP contribution in [0.2, 0.25) is 0 Å². The van der Waals surface area contributed by atoms with Crippen LogP contribution in [0.4, 0.5) is 5.69 Å². The molecule has 0 spiro atoms. The van der Waals surface area contributed by atoms with E-state index in [2.05, 4.69) is 10.6 Å². The lowest BCUT2D eigenvalue weighted by Crippen LogP contribution is -2.44. The van der Waals surface area contributed by atoms with E-state index < -0.39 is 0 Å². The van der Waals surface area contributed by atoms with Crippen LogP contribution in [0.15, 0.2) is 54.6 Å². The summed E-state index contributed by atoms with van der Waals surface area (Å²) in [6.45, 7) is 4.19. The number of methoxy groups -OCH3 is 1. The van der Waals surface area contributed by atoms with Gasteiger partial charge in [0.05, 0.1) is 26.6 Å². The molecule has 0 saturated heterocycles. The molecule has 0 aliphatic carbocycles. The molecule has 3 amide bonds. The van der Waals surface area contributed by atoms with Crippen molar-refractivity contribution in [1.29, 1.82) is 0 Å². The van der Waals surface area contributed by atoms with E-state index in [1.54, 1.807) is 31.4 Å². The highest BCUT2D eigenvalue weighted by Crippen LogP contribution is 2.14. The number of benzene rings is 2. The van der Waals surface area contributed by atoms with Crippen molar-refractivity contribution in [3.63, 3.8) is 0 Å². The Morgan fingerprint density at radius 3 is 2.23 bits per heavy atom. The van der Waals surface area contributed by atoms with Crippen LogP contribution < -0.4 is 15.4 Å². The van der Waals surface area contributed by atoms with E-state index in [4.69, 9.17) is 4.74 Å². The van der Waals surface area contributed by atoms with Crippen molar-refractivity contribution < 1.29 is 19.1 Å². The number of nitrogens with zero attached hydrogens (tertiary/aromatic N) is 1. The molecule has 0 aromatic heterocycles. The summed E-state index contributed by atoms with van der Waals surface area (Å²) in [6.07, 6.45) is 0.235. The van der Waals surface area contributed by atoms with Gasteiger partial charge in [0.2, 0.25) is 17.7 Å². The predicted molar refractivity (Wildman–Crippen MR) is 116 cm³/mol. The summed E-state index contributed by atoms with van der Waals surface area (Å²) in [4.78, 5) is 38.6. The van der Waals surface area contributed by atoms with Gasteiger partial charge < -0.3 is 20.3 Å². The summed E-state index contributed by atoms with van der Waals surface area (Å²) < 4.78 is 5.07. The summed E-state index contributed by atoms with van der Waals surface area (Å²) in [5, 5.41) is 5.28. The van der Waals surface area contributed by atoms with Crippen LogP contribution >= 0.6 is 0 Å². The van der Waals surface area contributed by atoms with Gasteiger partial charge in [-0.25, -0.2) is 0 Å². The Bertz CT molecular complexity index is 835. The quantitative estimate of drug-likeness (QED) is 0.629. The van der Waals surface area contributed by atoms with Crippen LogP contribution in [0, 0.1) is 5.92 Å². The Morgan fingerprint density at radius 2 is 1.63 bits per heavy atom. The summed E-state index contributed by atoms with van der Waals surface area (Å²) in [7, 11) is 1.57. The number of ether oxygens (including phenoxy) is 1. The molecule has 0 aliphatic rings. The molecule has 30 heavy (non-hydrogen) atoms. The second-order valence-electron chi connectivity index (χ2n) is 7.38. The monoisotopic (exact) mass is 411 g/mol. The maximum atomic E-state index is 12.7. The van der Waals surface area contributed by atoms with Crippen molar-refractivity contribution in [3.05, 3.63) is 60.2 Å². The molecule has 0 unspecified atom stereocenters. The first kappa shape index (κ1) is 22.9. The van der Waals surface area contributed by atoms with E-state index >= 15 is 0 Å². The lowest BCUT2D eigenvalue weighted by molar-refractivity contribution is -0.136. The van der Waals surface area contributed by atoms with E-state index in [1.807, 2.05) is 44.2 Å². The van der Waals surface area contributed by atoms with Gasteiger partial charge in [0.15, 0.2) is 0 Å². The molecule has 2 aromatic rings. The minimum atomic E-state index is -0.373. The molecule has 160 valence electrons. The maximum absolute atomic E-state index is 12.7. The van der Waals surface area contributed by atoms with Gasteiger partial charge in [-0.1, -0.05) is 44.2 Å². The molecule has 2 aromatic carbocycles. The van der Waals surface area contributed by atoms with Crippen LogP contribution in [0.5, 0.6) is 5.75 Å². The molecular formula is C23H29N3O4. The molecule has 0 aliphatic heterocycles. The zero-order chi connectivity index (χ0) is 21.9. The molecule has 0 fully saturated rings. The van der Waals surface area contributed by atoms with E-state index in [1.165, 1.54) is 4.90 Å². The minimum Gasteiger partial charge on any atom is -0.497 e. The zero-order valence-corrected chi connectivity index (χ0v) is 17.7. The molecule has 7 nitrogen and oxygen atoms in total. The van der Waals surface area contributed by atoms with Crippen molar-refractivity contribution in [3.8, 4) is 5.75 Å². The van der Waals surface area contributed by atoms with E-state index in [-0.39, 0.29) is 43.1 Å². The average molecular weight is 412 g/mol. The van der Waals surface area contributed by atoms with Crippen molar-refractivity contribution in [2.45, 2.75) is 20.3 Å². The second-order valence-corrected chi connectivity index (χ2v) is 7.38. The molecule has 2 rings (SSSR count). The second kappa shape index (κ2) is 11.6. The molecule has 7 heteroatoms. The highest BCUT2D eigenvalue weighted by molar-refractivity contribution is 5.95. The van der Waals surface area contributed by atoms with E-state index in [9.17, 15) is 14.4 Å². The van der Waals surface area contributed by atoms with Crippen LogP contribution in [-0.2, 0) is 20.8 Å². The number of anilines is 1. The number of hydrogen-bond acceptors (Lipinski definition) is 4. The molecule has 0 atom stereocenters. The van der Waals surface area contributed by atoms with Gasteiger partial charge in [-0.2, -0.15) is 0 Å². The molecule has 0 radical (unpaired) electrons. The van der Waals surface area contributed by atoms with Gasteiger partial charge in [-0.15, -0.1) is 0 Å². The third kappa shape index (κ3) is 7.95. The van der Waals surface area contributed by atoms with Crippen LogP contribution in [0.3, 0.4) is 0 Å². The van der Waals surface area contributed by atoms with Gasteiger partial charge in [-0.3, -0.25) is 14.4 Å². The van der Waals surface area contributed by atoms with Gasteiger partial charge in [-0.05, 0) is 35.7 Å². The van der Waals surface area contributed by atoms with Crippen LogP contribution in [-0.4, -0.2) is 49.4 Å². The summed E-state index contributed by atoms with van der Waals surface area (Å²) in [5.41, 5.74) is 1.50. The largest absolute Gasteiger partial charge is 0.497 e. The Morgan fingerprint density at radius 1 is 0.967 bits per heavy atom. The molecule has 2 N–H and O–H groups in total. The number of amides is 3. The molecular weight excluding hydrogens is 382 g/mol. The number of carbonyl (C=O) groups is 3. The van der Waals surface area contributed by atoms with Crippen molar-refractivity contribution >= 4 is 23.4 Å². The van der Waals surface area contributed by atoms with Crippen molar-refractivity contribution in [2.75, 3.05) is 32.1 Å². The average Bonchev–Trinajstić information content (AvgIpc) is 2.73. The van der Waals surface area contributed by atoms with Crippen molar-refractivity contribution in [2.24, 2.45) is 5.92 Å². The predicted octanol–water partition coefficient (Wildman–Crippen LogP) is 2.48. The Balaban J connectivity index is 1.85. The summed E-state index contributed by atoms with van der Waals surface area (Å²) >= 11 is 0. The van der Waals surface area contributed by atoms with Crippen molar-refractivity contribution in [1.82, 2.24) is 10.2 Å². The maximum Gasteiger partial charge on any atom is 0.243 e. The number of hydrogen-bond donors (Lipinski definition) is 2. The van der Waals surface area contributed by atoms with Crippen LogP contribution in [0.1, 0.15) is 19.4 Å². The smallest absolute Gasteiger partial charge is 0.243 e. The van der Waals surface area contributed by atoms with Gasteiger partial charge in [0, 0.05) is 12.2 Å². The van der Waals surface area contributed by atoms with E-state index in [0.29, 0.717) is 18.0 Å². The van der Waals surface area contributed by atoms with Gasteiger partial charge in [0.25, 0.3) is 0 Å². The lowest BCUT2D eigenvalue weighted by Gasteiger charge is -2.24. The topological polar surface area (TPSA) is 87.7 Å². The fraction of sp³-hybridized carbons (Fsp3) is 0.348. The first-order valence-electron chi connectivity index (χ1n) is 9.89. The summed E-state index contributed by atoms with van der Waals surface area (Å²) in [6, 6.07) is 16.3. The highest BCUT2D eigenvalue weighted by atomic mass is 16.5. The number of carbonyl (C=O) groups excluding carboxylic acids is 3.